The van der Waals surface area contributed by atoms with Crippen LogP contribution in [0.1, 0.15) is 36.6 Å². The van der Waals surface area contributed by atoms with E-state index in [1.807, 2.05) is 68.5 Å². The third-order valence-corrected chi connectivity index (χ3v) is 6.19. The molecule has 1 aliphatic heterocycles. The molecule has 0 spiro atoms. The Balaban J connectivity index is 1.94. The van der Waals surface area contributed by atoms with Crippen molar-refractivity contribution in [1.29, 1.82) is 0 Å². The van der Waals surface area contributed by atoms with Crippen molar-refractivity contribution in [2.75, 3.05) is 7.11 Å². The van der Waals surface area contributed by atoms with E-state index in [0.717, 1.165) is 22.4 Å². The number of Topliss-reactive ketones (excluding diaryl/α,β-unsaturated/α-hetero) is 1. The lowest BCUT2D eigenvalue weighted by molar-refractivity contribution is -0.114. The number of carbonyl (C=O) groups excluding carboxylic acids is 1. The summed E-state index contributed by atoms with van der Waals surface area (Å²) >= 11 is 1.34. The van der Waals surface area contributed by atoms with Gasteiger partial charge in [0, 0.05) is 11.3 Å². The molecular weight excluding hydrogens is 396 g/mol. The Labute approximate surface area is 178 Å². The second-order valence-corrected chi connectivity index (χ2v) is 8.33. The van der Waals surface area contributed by atoms with E-state index in [0.29, 0.717) is 20.6 Å². The van der Waals surface area contributed by atoms with Crippen LogP contribution in [-0.2, 0) is 4.79 Å². The van der Waals surface area contributed by atoms with Gasteiger partial charge in [0.05, 0.1) is 17.7 Å². The van der Waals surface area contributed by atoms with Crippen LogP contribution in [0.5, 0.6) is 5.75 Å². The number of hydrogen-bond donors (Lipinski definition) is 0. The minimum absolute atomic E-state index is 0.0927. The number of aromatic nitrogens is 1. The van der Waals surface area contributed by atoms with Crippen LogP contribution in [0.15, 0.2) is 69.6 Å². The maximum atomic E-state index is 13.4. The van der Waals surface area contributed by atoms with Gasteiger partial charge in [-0.15, -0.1) is 0 Å². The number of fused-ring (bicyclic) bond motifs is 1. The molecule has 0 aliphatic carbocycles. The monoisotopic (exact) mass is 418 g/mol. The number of thiazole rings is 1. The van der Waals surface area contributed by atoms with E-state index in [1.54, 1.807) is 11.7 Å². The lowest BCUT2D eigenvalue weighted by atomic mass is 9.93. The van der Waals surface area contributed by atoms with Crippen molar-refractivity contribution in [3.8, 4) is 5.75 Å². The molecule has 0 saturated heterocycles. The van der Waals surface area contributed by atoms with E-state index in [9.17, 15) is 9.59 Å². The third-order valence-electron chi connectivity index (χ3n) is 5.21. The van der Waals surface area contributed by atoms with Crippen LogP contribution in [-0.4, -0.2) is 17.5 Å². The van der Waals surface area contributed by atoms with Crippen LogP contribution in [0.3, 0.4) is 0 Å². The molecule has 3 aromatic rings. The average Bonchev–Trinajstić information content (AvgIpc) is 3.03. The van der Waals surface area contributed by atoms with Gasteiger partial charge < -0.3 is 4.74 Å². The van der Waals surface area contributed by atoms with E-state index in [-0.39, 0.29) is 11.3 Å². The van der Waals surface area contributed by atoms with Gasteiger partial charge in [-0.1, -0.05) is 53.3 Å². The Kier molecular flexibility index (Phi) is 5.26. The molecule has 1 atom stereocenters. The highest BCUT2D eigenvalue weighted by molar-refractivity contribution is 7.07. The fraction of sp³-hybridized carbons (Fsp3) is 0.208. The molecule has 0 amide bonds. The maximum absolute atomic E-state index is 13.4. The summed E-state index contributed by atoms with van der Waals surface area (Å²) in [7, 11) is 1.61. The van der Waals surface area contributed by atoms with E-state index < -0.39 is 6.04 Å². The number of methoxy groups -OCH3 is 1. The Bertz CT molecular complexity index is 1330. The van der Waals surface area contributed by atoms with Gasteiger partial charge in [-0.05, 0) is 50.1 Å². The normalized spacial score (nSPS) is 16.3. The Morgan fingerprint density at radius 2 is 1.77 bits per heavy atom. The van der Waals surface area contributed by atoms with Crippen molar-refractivity contribution in [1.82, 2.24) is 4.57 Å². The van der Waals surface area contributed by atoms with Crippen LogP contribution in [0.2, 0.25) is 0 Å². The van der Waals surface area contributed by atoms with Gasteiger partial charge in [0.2, 0.25) is 0 Å². The van der Waals surface area contributed by atoms with Crippen molar-refractivity contribution < 1.29 is 9.53 Å². The first-order valence-corrected chi connectivity index (χ1v) is 10.4. The molecule has 2 aromatic carbocycles. The molecule has 0 bridgehead atoms. The van der Waals surface area contributed by atoms with Gasteiger partial charge in [-0.25, -0.2) is 4.99 Å². The molecule has 5 nitrogen and oxygen atoms in total. The van der Waals surface area contributed by atoms with Crippen molar-refractivity contribution in [2.45, 2.75) is 26.8 Å². The number of ether oxygens (including phenoxy) is 1. The van der Waals surface area contributed by atoms with Crippen molar-refractivity contribution in [3.63, 3.8) is 0 Å². The topological polar surface area (TPSA) is 60.7 Å². The molecule has 30 heavy (non-hydrogen) atoms. The summed E-state index contributed by atoms with van der Waals surface area (Å²) in [6.45, 7) is 5.37. The quantitative estimate of drug-likeness (QED) is 0.654. The number of allylic oxidation sites excluding steroid dienone is 2. The largest absolute Gasteiger partial charge is 0.497 e. The standard InChI is InChI=1S/C24H22N2O3S/c1-14-5-7-17(8-6-14)13-20-23(28)26-22(18-9-11-19(29-4)12-10-18)21(16(3)27)15(2)25-24(26)30-20/h5-13,22H,1-4H3/b20-13+/t22-/m1/s1. The highest BCUT2D eigenvalue weighted by Gasteiger charge is 2.30. The first-order chi connectivity index (χ1) is 14.4. The molecule has 0 radical (unpaired) electrons. The van der Waals surface area contributed by atoms with Crippen LogP contribution < -0.4 is 19.6 Å². The van der Waals surface area contributed by atoms with Crippen LogP contribution >= 0.6 is 11.3 Å². The number of benzene rings is 2. The van der Waals surface area contributed by atoms with Gasteiger partial charge in [-0.2, -0.15) is 0 Å². The summed E-state index contributed by atoms with van der Waals surface area (Å²) in [5.41, 5.74) is 4.00. The number of aryl methyl sites for hydroxylation is 1. The summed E-state index contributed by atoms with van der Waals surface area (Å²) in [4.78, 5) is 31.1. The van der Waals surface area contributed by atoms with E-state index in [4.69, 9.17) is 4.74 Å². The van der Waals surface area contributed by atoms with Gasteiger partial charge in [0.15, 0.2) is 10.6 Å². The van der Waals surface area contributed by atoms with E-state index in [2.05, 4.69) is 4.99 Å². The lowest BCUT2D eigenvalue weighted by Crippen LogP contribution is -2.39. The summed E-state index contributed by atoms with van der Waals surface area (Å²) in [5.74, 6) is 0.625. The first kappa shape index (κ1) is 20.0. The summed E-state index contributed by atoms with van der Waals surface area (Å²) in [6, 6.07) is 15.0. The zero-order valence-corrected chi connectivity index (χ0v) is 18.1. The predicted molar refractivity (Wildman–Crippen MR) is 119 cm³/mol. The SMILES string of the molecule is COc1ccc([C@@H]2C(C(C)=O)=C(C)N=c3s/c(=C/c4ccc(C)cc4)c(=O)n32)cc1. The minimum Gasteiger partial charge on any atom is -0.497 e. The summed E-state index contributed by atoms with van der Waals surface area (Å²) < 4.78 is 7.48. The average molecular weight is 419 g/mol. The van der Waals surface area contributed by atoms with Gasteiger partial charge in [0.1, 0.15) is 5.75 Å². The van der Waals surface area contributed by atoms with Crippen LogP contribution in [0.25, 0.3) is 6.08 Å². The molecule has 0 fully saturated rings. The fourth-order valence-corrected chi connectivity index (χ4v) is 4.73. The Morgan fingerprint density at radius 3 is 2.37 bits per heavy atom. The number of carbonyl (C=O) groups is 1. The molecule has 6 heteroatoms. The lowest BCUT2D eigenvalue weighted by Gasteiger charge is -2.24. The first-order valence-electron chi connectivity index (χ1n) is 9.63. The second-order valence-electron chi connectivity index (χ2n) is 7.32. The van der Waals surface area contributed by atoms with Crippen molar-refractivity contribution in [2.24, 2.45) is 4.99 Å². The predicted octanol–water partition coefficient (Wildman–Crippen LogP) is 3.14. The second kappa shape index (κ2) is 7.88. The van der Waals surface area contributed by atoms with E-state index in [1.165, 1.54) is 18.3 Å². The highest BCUT2D eigenvalue weighted by Crippen LogP contribution is 2.31. The maximum Gasteiger partial charge on any atom is 0.271 e. The van der Waals surface area contributed by atoms with Crippen molar-refractivity contribution in [3.05, 3.63) is 96.2 Å². The molecule has 1 aromatic heterocycles. The smallest absolute Gasteiger partial charge is 0.271 e. The third kappa shape index (κ3) is 3.55. The molecule has 0 N–H and O–H groups in total. The zero-order valence-electron chi connectivity index (χ0n) is 17.3. The van der Waals surface area contributed by atoms with Crippen molar-refractivity contribution >= 4 is 23.2 Å². The number of nitrogens with zero attached hydrogens (tertiary/aromatic N) is 2. The Morgan fingerprint density at radius 1 is 1.10 bits per heavy atom. The minimum atomic E-state index is -0.509. The Hall–Kier alpha value is -3.25. The fourth-order valence-electron chi connectivity index (χ4n) is 3.69. The molecule has 0 unspecified atom stereocenters. The number of rotatable bonds is 4. The molecular formula is C24H22N2O3S. The van der Waals surface area contributed by atoms with Gasteiger partial charge in [-0.3, -0.25) is 14.2 Å². The summed E-state index contributed by atoms with van der Waals surface area (Å²) in [5, 5.41) is 0. The number of ketones is 1. The molecule has 152 valence electrons. The van der Waals surface area contributed by atoms with Gasteiger partial charge >= 0.3 is 0 Å². The molecule has 0 saturated carbocycles. The molecule has 4 rings (SSSR count). The van der Waals surface area contributed by atoms with E-state index >= 15 is 0 Å². The molecule has 1 aliphatic rings. The number of hydrogen-bond acceptors (Lipinski definition) is 5. The summed E-state index contributed by atoms with van der Waals surface area (Å²) in [6.07, 6.45) is 1.88. The highest BCUT2D eigenvalue weighted by atomic mass is 32.1. The van der Waals surface area contributed by atoms with Crippen LogP contribution in [0.4, 0.5) is 0 Å². The van der Waals surface area contributed by atoms with Crippen LogP contribution in [0, 0.1) is 6.92 Å². The molecule has 2 heterocycles. The zero-order chi connectivity index (χ0) is 21.4. The van der Waals surface area contributed by atoms with Gasteiger partial charge in [0.25, 0.3) is 5.56 Å².